The summed E-state index contributed by atoms with van der Waals surface area (Å²) >= 11 is 1.60. The molecule has 1 aromatic carbocycles. The monoisotopic (exact) mass is 340 g/mol. The van der Waals surface area contributed by atoms with Gasteiger partial charge in [0.1, 0.15) is 0 Å². The first-order valence-electron chi connectivity index (χ1n) is 7.78. The van der Waals surface area contributed by atoms with Crippen molar-refractivity contribution >= 4 is 28.6 Å². The molecule has 2 N–H and O–H groups in total. The van der Waals surface area contributed by atoms with Crippen molar-refractivity contribution in [2.24, 2.45) is 5.92 Å². The van der Waals surface area contributed by atoms with Gasteiger partial charge in [-0.3, -0.25) is 4.79 Å². The summed E-state index contributed by atoms with van der Waals surface area (Å²) < 4.78 is 5.24. The third kappa shape index (κ3) is 3.46. The zero-order valence-electron chi connectivity index (χ0n) is 12.9. The van der Waals surface area contributed by atoms with E-state index in [4.69, 9.17) is 4.52 Å². The number of anilines is 2. The van der Waals surface area contributed by atoms with Gasteiger partial charge in [-0.15, -0.1) is 0 Å². The number of amides is 1. The van der Waals surface area contributed by atoms with E-state index in [0.29, 0.717) is 18.3 Å². The highest BCUT2D eigenvalue weighted by Gasteiger charge is 2.29. The minimum atomic E-state index is 0.113. The number of thiophene rings is 1. The van der Waals surface area contributed by atoms with Crippen molar-refractivity contribution < 1.29 is 9.32 Å². The molecule has 24 heavy (non-hydrogen) atoms. The SMILES string of the molecule is O=C(Nc1ccc(NCc2nc(-c3ccsc3)no2)cc1)C1CC1. The van der Waals surface area contributed by atoms with Crippen molar-refractivity contribution in [3.05, 3.63) is 47.0 Å². The second kappa shape index (κ2) is 6.45. The Morgan fingerprint density at radius 2 is 2.00 bits per heavy atom. The van der Waals surface area contributed by atoms with Gasteiger partial charge in [0, 0.05) is 28.2 Å². The molecule has 1 aliphatic carbocycles. The number of hydrogen-bond acceptors (Lipinski definition) is 6. The second-order valence-electron chi connectivity index (χ2n) is 5.72. The maximum absolute atomic E-state index is 11.7. The Bertz CT molecular complexity index is 823. The van der Waals surface area contributed by atoms with E-state index in [1.165, 1.54) is 0 Å². The normalized spacial score (nSPS) is 13.7. The summed E-state index contributed by atoms with van der Waals surface area (Å²) in [6.45, 7) is 0.449. The minimum absolute atomic E-state index is 0.113. The molecular weight excluding hydrogens is 324 g/mol. The number of carbonyl (C=O) groups excluding carboxylic acids is 1. The van der Waals surface area contributed by atoms with Gasteiger partial charge in [-0.1, -0.05) is 5.16 Å². The molecule has 1 aliphatic rings. The van der Waals surface area contributed by atoms with Gasteiger partial charge >= 0.3 is 0 Å². The molecule has 2 heterocycles. The van der Waals surface area contributed by atoms with E-state index >= 15 is 0 Å². The van der Waals surface area contributed by atoms with Crippen LogP contribution in [0.2, 0.25) is 0 Å². The summed E-state index contributed by atoms with van der Waals surface area (Å²) in [5, 5.41) is 14.1. The Morgan fingerprint density at radius 3 is 2.71 bits per heavy atom. The standard InChI is InChI=1S/C17H16N4O2S/c22-17(11-1-2-11)19-14-5-3-13(4-6-14)18-9-15-20-16(21-23-15)12-7-8-24-10-12/h3-8,10-11,18H,1-2,9H2,(H,19,22). The Balaban J connectivity index is 1.33. The molecule has 122 valence electrons. The van der Waals surface area contributed by atoms with Crippen molar-refractivity contribution in [3.63, 3.8) is 0 Å². The van der Waals surface area contributed by atoms with E-state index < -0.39 is 0 Å². The van der Waals surface area contributed by atoms with Crippen molar-refractivity contribution in [2.45, 2.75) is 19.4 Å². The molecule has 4 rings (SSSR count). The van der Waals surface area contributed by atoms with Crippen LogP contribution >= 0.6 is 11.3 Å². The third-order valence-corrected chi connectivity index (χ3v) is 4.48. The molecule has 6 nitrogen and oxygen atoms in total. The van der Waals surface area contributed by atoms with Gasteiger partial charge in [-0.25, -0.2) is 0 Å². The van der Waals surface area contributed by atoms with Crippen LogP contribution < -0.4 is 10.6 Å². The van der Waals surface area contributed by atoms with E-state index in [1.807, 2.05) is 41.1 Å². The van der Waals surface area contributed by atoms with Crippen LogP contribution in [0.1, 0.15) is 18.7 Å². The number of hydrogen-bond donors (Lipinski definition) is 2. The molecule has 1 fully saturated rings. The van der Waals surface area contributed by atoms with Gasteiger partial charge in [0.2, 0.25) is 17.6 Å². The van der Waals surface area contributed by atoms with E-state index in [-0.39, 0.29) is 11.8 Å². The predicted octanol–water partition coefficient (Wildman–Crippen LogP) is 3.76. The Kier molecular flexibility index (Phi) is 4.00. The van der Waals surface area contributed by atoms with Gasteiger partial charge in [0.25, 0.3) is 0 Å². The third-order valence-electron chi connectivity index (χ3n) is 3.79. The van der Waals surface area contributed by atoms with Crippen molar-refractivity contribution in [1.29, 1.82) is 0 Å². The van der Waals surface area contributed by atoms with E-state index in [9.17, 15) is 4.79 Å². The molecule has 0 atom stereocenters. The molecule has 0 bridgehead atoms. The first kappa shape index (κ1) is 14.9. The molecule has 0 aliphatic heterocycles. The van der Waals surface area contributed by atoms with Crippen LogP contribution in [0.4, 0.5) is 11.4 Å². The van der Waals surface area contributed by atoms with Crippen LogP contribution in [-0.4, -0.2) is 16.0 Å². The minimum Gasteiger partial charge on any atom is -0.376 e. The second-order valence-corrected chi connectivity index (χ2v) is 6.50. The molecule has 0 saturated heterocycles. The van der Waals surface area contributed by atoms with Crippen LogP contribution in [0.3, 0.4) is 0 Å². The topological polar surface area (TPSA) is 80.0 Å². The van der Waals surface area contributed by atoms with Crippen LogP contribution in [0.15, 0.2) is 45.6 Å². The highest BCUT2D eigenvalue weighted by Crippen LogP contribution is 2.30. The number of benzene rings is 1. The van der Waals surface area contributed by atoms with Gasteiger partial charge in [0.15, 0.2) is 0 Å². The van der Waals surface area contributed by atoms with Crippen LogP contribution in [-0.2, 0) is 11.3 Å². The van der Waals surface area contributed by atoms with Gasteiger partial charge in [0.05, 0.1) is 6.54 Å². The fourth-order valence-electron chi connectivity index (χ4n) is 2.27. The highest BCUT2D eigenvalue weighted by molar-refractivity contribution is 7.08. The van der Waals surface area contributed by atoms with Gasteiger partial charge in [-0.2, -0.15) is 16.3 Å². The van der Waals surface area contributed by atoms with E-state index in [2.05, 4.69) is 20.8 Å². The molecule has 3 aromatic rings. The average Bonchev–Trinajstić information content (AvgIpc) is 3.11. The zero-order valence-corrected chi connectivity index (χ0v) is 13.7. The lowest BCUT2D eigenvalue weighted by molar-refractivity contribution is -0.117. The first-order valence-corrected chi connectivity index (χ1v) is 8.72. The lowest BCUT2D eigenvalue weighted by Gasteiger charge is -2.06. The number of nitrogens with one attached hydrogen (secondary N) is 2. The molecule has 0 unspecified atom stereocenters. The Morgan fingerprint density at radius 1 is 1.21 bits per heavy atom. The highest BCUT2D eigenvalue weighted by atomic mass is 32.1. The number of carbonyl (C=O) groups is 1. The van der Waals surface area contributed by atoms with E-state index in [1.54, 1.807) is 11.3 Å². The molecule has 0 spiro atoms. The molecular formula is C17H16N4O2S. The molecule has 7 heteroatoms. The number of aromatic nitrogens is 2. The Labute approximate surface area is 142 Å². The lowest BCUT2D eigenvalue weighted by Crippen LogP contribution is -2.13. The first-order chi connectivity index (χ1) is 11.8. The van der Waals surface area contributed by atoms with E-state index in [0.717, 1.165) is 29.8 Å². The smallest absolute Gasteiger partial charge is 0.246 e. The maximum atomic E-state index is 11.7. The summed E-state index contributed by atoms with van der Waals surface area (Å²) in [4.78, 5) is 16.1. The molecule has 0 radical (unpaired) electrons. The molecule has 1 amide bonds. The summed E-state index contributed by atoms with van der Waals surface area (Å²) in [6.07, 6.45) is 2.01. The number of rotatable bonds is 6. The average molecular weight is 340 g/mol. The van der Waals surface area contributed by atoms with Crippen LogP contribution in [0.25, 0.3) is 11.4 Å². The summed E-state index contributed by atoms with van der Waals surface area (Å²) in [5.74, 6) is 1.45. The fourth-order valence-corrected chi connectivity index (χ4v) is 2.91. The largest absolute Gasteiger partial charge is 0.376 e. The van der Waals surface area contributed by atoms with Crippen LogP contribution in [0.5, 0.6) is 0 Å². The molecule has 1 saturated carbocycles. The predicted molar refractivity (Wildman–Crippen MR) is 92.7 cm³/mol. The molecule has 2 aromatic heterocycles. The lowest BCUT2D eigenvalue weighted by atomic mass is 10.2. The quantitative estimate of drug-likeness (QED) is 0.714. The number of nitrogens with zero attached hydrogens (tertiary/aromatic N) is 2. The zero-order chi connectivity index (χ0) is 16.4. The summed E-state index contributed by atoms with van der Waals surface area (Å²) in [6, 6.07) is 9.55. The summed E-state index contributed by atoms with van der Waals surface area (Å²) in [5.41, 5.74) is 2.70. The fraction of sp³-hybridized carbons (Fsp3) is 0.235. The van der Waals surface area contributed by atoms with Gasteiger partial charge < -0.3 is 15.2 Å². The van der Waals surface area contributed by atoms with Crippen molar-refractivity contribution in [3.8, 4) is 11.4 Å². The summed E-state index contributed by atoms with van der Waals surface area (Å²) in [7, 11) is 0. The van der Waals surface area contributed by atoms with Crippen LogP contribution in [0, 0.1) is 5.92 Å². The van der Waals surface area contributed by atoms with Gasteiger partial charge in [-0.05, 0) is 48.6 Å². The Hall–Kier alpha value is -2.67. The van der Waals surface area contributed by atoms with Crippen molar-refractivity contribution in [2.75, 3.05) is 10.6 Å². The van der Waals surface area contributed by atoms with Crippen molar-refractivity contribution in [1.82, 2.24) is 10.1 Å². The maximum Gasteiger partial charge on any atom is 0.246 e.